The molecule has 0 saturated carbocycles. The van der Waals surface area contributed by atoms with Crippen molar-refractivity contribution in [2.24, 2.45) is 0 Å². The molecule has 1 rings (SSSR count). The number of nitrogens with zero attached hydrogens (tertiary/aromatic N) is 2. The highest BCUT2D eigenvalue weighted by atomic mass is 16.2. The van der Waals surface area contributed by atoms with Crippen molar-refractivity contribution in [3.8, 4) is 0 Å². The van der Waals surface area contributed by atoms with Gasteiger partial charge in [0.25, 0.3) is 0 Å². The average molecular weight is 241 g/mol. The third kappa shape index (κ3) is 4.34. The van der Waals surface area contributed by atoms with Gasteiger partial charge in [0.2, 0.25) is 11.8 Å². The van der Waals surface area contributed by atoms with E-state index in [-0.39, 0.29) is 18.4 Å². The van der Waals surface area contributed by atoms with Gasteiger partial charge in [-0.05, 0) is 26.3 Å². The summed E-state index contributed by atoms with van der Waals surface area (Å²) in [6, 6.07) is 0.297. The predicted octanol–water partition coefficient (Wildman–Crippen LogP) is 0.0652. The Morgan fingerprint density at radius 3 is 2.47 bits per heavy atom. The minimum absolute atomic E-state index is 0.0282. The summed E-state index contributed by atoms with van der Waals surface area (Å²) in [5.41, 5.74) is 0. The number of likely N-dealkylation sites (N-methyl/N-ethyl adjacent to an activating group) is 2. The Bertz CT molecular complexity index is 273. The van der Waals surface area contributed by atoms with Crippen LogP contribution in [0, 0.1) is 0 Å². The van der Waals surface area contributed by atoms with Gasteiger partial charge in [0.1, 0.15) is 0 Å². The van der Waals surface area contributed by atoms with E-state index in [1.807, 2.05) is 6.92 Å². The van der Waals surface area contributed by atoms with Crippen LogP contribution in [-0.2, 0) is 9.59 Å². The third-order valence-corrected chi connectivity index (χ3v) is 3.14. The van der Waals surface area contributed by atoms with Crippen molar-refractivity contribution >= 4 is 11.8 Å². The SMILES string of the molecule is CCN(CC(=O)N(C)C)C(=O)CC1CCCN1. The van der Waals surface area contributed by atoms with Crippen molar-refractivity contribution in [1.82, 2.24) is 15.1 Å². The molecule has 2 amide bonds. The van der Waals surface area contributed by atoms with E-state index in [0.29, 0.717) is 19.0 Å². The van der Waals surface area contributed by atoms with Crippen molar-refractivity contribution in [1.29, 1.82) is 0 Å². The fourth-order valence-corrected chi connectivity index (χ4v) is 1.95. The maximum absolute atomic E-state index is 12.0. The fourth-order valence-electron chi connectivity index (χ4n) is 1.95. The van der Waals surface area contributed by atoms with Gasteiger partial charge in [-0.25, -0.2) is 0 Å². The maximum atomic E-state index is 12.0. The van der Waals surface area contributed by atoms with Gasteiger partial charge in [0.15, 0.2) is 0 Å². The summed E-state index contributed by atoms with van der Waals surface area (Å²) in [6.07, 6.45) is 2.71. The lowest BCUT2D eigenvalue weighted by Gasteiger charge is -2.23. The molecule has 1 aliphatic rings. The highest BCUT2D eigenvalue weighted by Crippen LogP contribution is 2.10. The topological polar surface area (TPSA) is 52.7 Å². The highest BCUT2D eigenvalue weighted by molar-refractivity contribution is 5.84. The molecule has 5 heteroatoms. The summed E-state index contributed by atoms with van der Waals surface area (Å²) < 4.78 is 0. The molecule has 1 saturated heterocycles. The smallest absolute Gasteiger partial charge is 0.241 e. The van der Waals surface area contributed by atoms with Crippen LogP contribution in [-0.4, -0.2) is 61.4 Å². The predicted molar refractivity (Wildman–Crippen MR) is 66.6 cm³/mol. The first-order chi connectivity index (χ1) is 8.04. The van der Waals surface area contributed by atoms with E-state index in [9.17, 15) is 9.59 Å². The van der Waals surface area contributed by atoms with Crippen molar-refractivity contribution in [3.05, 3.63) is 0 Å². The summed E-state index contributed by atoms with van der Waals surface area (Å²) in [7, 11) is 3.42. The molecule has 17 heavy (non-hydrogen) atoms. The molecule has 1 N–H and O–H groups in total. The fraction of sp³-hybridized carbons (Fsp3) is 0.833. The molecule has 0 aliphatic carbocycles. The normalized spacial score (nSPS) is 19.1. The molecule has 1 unspecified atom stereocenters. The monoisotopic (exact) mass is 241 g/mol. The lowest BCUT2D eigenvalue weighted by molar-refractivity contribution is -0.139. The van der Waals surface area contributed by atoms with Crippen molar-refractivity contribution in [2.75, 3.05) is 33.7 Å². The molecule has 1 atom stereocenters. The first-order valence-electron chi connectivity index (χ1n) is 6.26. The van der Waals surface area contributed by atoms with E-state index in [1.165, 1.54) is 4.90 Å². The molecule has 0 aromatic carbocycles. The molecule has 1 fully saturated rings. The van der Waals surface area contributed by atoms with Crippen LogP contribution in [0.2, 0.25) is 0 Å². The molecular weight excluding hydrogens is 218 g/mol. The van der Waals surface area contributed by atoms with Crippen molar-refractivity contribution < 1.29 is 9.59 Å². The van der Waals surface area contributed by atoms with Gasteiger partial charge in [-0.3, -0.25) is 9.59 Å². The van der Waals surface area contributed by atoms with Crippen molar-refractivity contribution in [3.63, 3.8) is 0 Å². The van der Waals surface area contributed by atoms with Gasteiger partial charge in [-0.15, -0.1) is 0 Å². The number of nitrogens with one attached hydrogen (secondary N) is 1. The Kier molecular flexibility index (Phi) is 5.41. The molecule has 0 bridgehead atoms. The van der Waals surface area contributed by atoms with Crippen LogP contribution in [0.1, 0.15) is 26.2 Å². The van der Waals surface area contributed by atoms with E-state index in [1.54, 1.807) is 19.0 Å². The Hall–Kier alpha value is -1.10. The number of hydrogen-bond acceptors (Lipinski definition) is 3. The van der Waals surface area contributed by atoms with Crippen LogP contribution < -0.4 is 5.32 Å². The van der Waals surface area contributed by atoms with Crippen LogP contribution in [0.4, 0.5) is 0 Å². The van der Waals surface area contributed by atoms with Crippen LogP contribution in [0.5, 0.6) is 0 Å². The van der Waals surface area contributed by atoms with Gasteiger partial charge in [0.05, 0.1) is 6.54 Å². The second-order valence-electron chi connectivity index (χ2n) is 4.69. The van der Waals surface area contributed by atoms with E-state index in [2.05, 4.69) is 5.32 Å². The largest absolute Gasteiger partial charge is 0.347 e. The minimum Gasteiger partial charge on any atom is -0.347 e. The van der Waals surface area contributed by atoms with E-state index in [4.69, 9.17) is 0 Å². The van der Waals surface area contributed by atoms with Crippen LogP contribution in [0.15, 0.2) is 0 Å². The van der Waals surface area contributed by atoms with E-state index in [0.717, 1.165) is 19.4 Å². The van der Waals surface area contributed by atoms with Crippen LogP contribution in [0.3, 0.4) is 0 Å². The molecule has 98 valence electrons. The summed E-state index contributed by atoms with van der Waals surface area (Å²) in [5.74, 6) is 0.0432. The molecule has 1 heterocycles. The van der Waals surface area contributed by atoms with Gasteiger partial charge in [-0.2, -0.15) is 0 Å². The summed E-state index contributed by atoms with van der Waals surface area (Å²) in [5, 5.41) is 3.30. The van der Waals surface area contributed by atoms with Crippen LogP contribution in [0.25, 0.3) is 0 Å². The van der Waals surface area contributed by atoms with Gasteiger partial charge in [0, 0.05) is 33.1 Å². The molecule has 0 aromatic rings. The standard InChI is InChI=1S/C12H23N3O2/c1-4-15(9-12(17)14(2)3)11(16)8-10-6-5-7-13-10/h10,13H,4-9H2,1-3H3. The zero-order valence-corrected chi connectivity index (χ0v) is 11.0. The van der Waals surface area contributed by atoms with Gasteiger partial charge < -0.3 is 15.1 Å². The Balaban J connectivity index is 2.42. The summed E-state index contributed by atoms with van der Waals surface area (Å²) in [4.78, 5) is 26.7. The molecule has 0 aromatic heterocycles. The highest BCUT2D eigenvalue weighted by Gasteiger charge is 2.22. The van der Waals surface area contributed by atoms with Gasteiger partial charge >= 0.3 is 0 Å². The third-order valence-electron chi connectivity index (χ3n) is 3.14. The lowest BCUT2D eigenvalue weighted by atomic mass is 10.1. The first-order valence-corrected chi connectivity index (χ1v) is 6.26. The second-order valence-corrected chi connectivity index (χ2v) is 4.69. The number of amides is 2. The maximum Gasteiger partial charge on any atom is 0.241 e. The Morgan fingerprint density at radius 2 is 2.00 bits per heavy atom. The quantitative estimate of drug-likeness (QED) is 0.741. The van der Waals surface area contributed by atoms with E-state index >= 15 is 0 Å². The van der Waals surface area contributed by atoms with Gasteiger partial charge in [-0.1, -0.05) is 0 Å². The lowest BCUT2D eigenvalue weighted by Crippen LogP contribution is -2.42. The summed E-state index contributed by atoms with van der Waals surface area (Å²) >= 11 is 0. The summed E-state index contributed by atoms with van der Waals surface area (Å²) in [6.45, 7) is 3.68. The first kappa shape index (κ1) is 14.0. The zero-order valence-electron chi connectivity index (χ0n) is 11.0. The van der Waals surface area contributed by atoms with Crippen LogP contribution >= 0.6 is 0 Å². The van der Waals surface area contributed by atoms with Crippen molar-refractivity contribution in [2.45, 2.75) is 32.2 Å². The Morgan fingerprint density at radius 1 is 1.29 bits per heavy atom. The second kappa shape index (κ2) is 6.59. The minimum atomic E-state index is -0.0282. The van der Waals surface area contributed by atoms with E-state index < -0.39 is 0 Å². The average Bonchev–Trinajstić information content (AvgIpc) is 2.77. The molecule has 1 aliphatic heterocycles. The number of rotatable bonds is 5. The molecule has 0 spiro atoms. The number of hydrogen-bond donors (Lipinski definition) is 1. The molecule has 0 radical (unpaired) electrons. The Labute approximate surface area is 103 Å². The zero-order chi connectivity index (χ0) is 12.8. The number of carbonyl (C=O) groups excluding carboxylic acids is 2. The molecule has 5 nitrogen and oxygen atoms in total. The number of carbonyl (C=O) groups is 2. The molecular formula is C12H23N3O2.